The highest BCUT2D eigenvalue weighted by Gasteiger charge is 2.35. The predicted molar refractivity (Wildman–Crippen MR) is 89.6 cm³/mol. The summed E-state index contributed by atoms with van der Waals surface area (Å²) in [6, 6.07) is 3.11. The van der Waals surface area contributed by atoms with Gasteiger partial charge in [0, 0.05) is 12.8 Å². The van der Waals surface area contributed by atoms with Gasteiger partial charge in [-0.05, 0) is 18.6 Å². The van der Waals surface area contributed by atoms with Crippen LogP contribution in [0.15, 0.2) is 18.3 Å². The van der Waals surface area contributed by atoms with Crippen molar-refractivity contribution >= 4 is 40.8 Å². The highest BCUT2D eigenvalue weighted by atomic mass is 35.5. The lowest BCUT2D eigenvalue weighted by Gasteiger charge is -2.26. The number of halogens is 5. The van der Waals surface area contributed by atoms with Crippen LogP contribution >= 0.6 is 23.2 Å². The number of amides is 2. The summed E-state index contributed by atoms with van der Waals surface area (Å²) in [4.78, 5) is 25.3. The van der Waals surface area contributed by atoms with Crippen LogP contribution in [-0.2, 0) is 15.8 Å². The monoisotopic (exact) mass is 416 g/mol. The van der Waals surface area contributed by atoms with Crippen molar-refractivity contribution in [3.05, 3.63) is 39.5 Å². The summed E-state index contributed by atoms with van der Waals surface area (Å²) in [6.45, 7) is 0. The van der Waals surface area contributed by atoms with Crippen molar-refractivity contribution in [3.63, 3.8) is 0 Å². The standard InChI is InChI=1S/C16H9Cl2F3N4O2/c17-10-4-9(16(19,20)21)5-11(18)14(10)25-15(8(6-22)7-23-25)24-12(26)2-1-3-13(24)27/h4-5,7H,1-3H2. The number of hydrogen-bond acceptors (Lipinski definition) is 4. The Labute approximate surface area is 160 Å². The van der Waals surface area contributed by atoms with E-state index < -0.39 is 33.6 Å². The maximum absolute atomic E-state index is 12.9. The van der Waals surface area contributed by atoms with Gasteiger partial charge in [0.15, 0.2) is 5.82 Å². The van der Waals surface area contributed by atoms with Gasteiger partial charge in [-0.25, -0.2) is 9.58 Å². The van der Waals surface area contributed by atoms with Gasteiger partial charge in [0.2, 0.25) is 11.8 Å². The fraction of sp³-hybridized carbons (Fsp3) is 0.250. The van der Waals surface area contributed by atoms with Crippen LogP contribution in [0, 0.1) is 11.3 Å². The lowest BCUT2D eigenvalue weighted by atomic mass is 10.1. The molecule has 0 bridgehead atoms. The highest BCUT2D eigenvalue weighted by Crippen LogP contribution is 2.39. The first-order valence-electron chi connectivity index (χ1n) is 7.55. The second-order valence-corrected chi connectivity index (χ2v) is 6.48. The van der Waals surface area contributed by atoms with E-state index in [0.717, 1.165) is 15.8 Å². The number of nitrogens with zero attached hydrogens (tertiary/aromatic N) is 4. The molecule has 0 unspecified atom stereocenters. The summed E-state index contributed by atoms with van der Waals surface area (Å²) in [5.74, 6) is -1.30. The summed E-state index contributed by atoms with van der Waals surface area (Å²) in [5.41, 5.74) is -1.36. The molecule has 0 N–H and O–H groups in total. The Morgan fingerprint density at radius 1 is 1.11 bits per heavy atom. The number of aromatic nitrogens is 2. The molecule has 3 rings (SSSR count). The second-order valence-electron chi connectivity index (χ2n) is 5.67. The van der Waals surface area contributed by atoms with Crippen LogP contribution in [0.1, 0.15) is 30.4 Å². The van der Waals surface area contributed by atoms with Gasteiger partial charge < -0.3 is 0 Å². The number of anilines is 1. The quantitative estimate of drug-likeness (QED) is 0.689. The van der Waals surface area contributed by atoms with Crippen LogP contribution in [0.25, 0.3) is 5.69 Å². The molecule has 1 saturated heterocycles. The molecule has 2 heterocycles. The zero-order valence-electron chi connectivity index (χ0n) is 13.3. The Balaban J connectivity index is 2.23. The average Bonchev–Trinajstić information content (AvgIpc) is 2.96. The minimum Gasteiger partial charge on any atom is -0.274 e. The first-order valence-corrected chi connectivity index (χ1v) is 8.31. The maximum Gasteiger partial charge on any atom is 0.416 e. The first-order chi connectivity index (χ1) is 12.6. The van der Waals surface area contributed by atoms with Crippen molar-refractivity contribution in [1.29, 1.82) is 5.26 Å². The molecular formula is C16H9Cl2F3N4O2. The molecule has 0 spiro atoms. The molecular weight excluding hydrogens is 408 g/mol. The minimum atomic E-state index is -4.67. The molecule has 0 radical (unpaired) electrons. The van der Waals surface area contributed by atoms with Gasteiger partial charge in [-0.15, -0.1) is 0 Å². The molecule has 140 valence electrons. The number of piperidine rings is 1. The molecule has 1 aliphatic rings. The fourth-order valence-corrected chi connectivity index (χ4v) is 3.37. The van der Waals surface area contributed by atoms with Gasteiger partial charge in [0.25, 0.3) is 0 Å². The van der Waals surface area contributed by atoms with Crippen molar-refractivity contribution in [1.82, 2.24) is 9.78 Å². The Morgan fingerprint density at radius 2 is 1.67 bits per heavy atom. The summed E-state index contributed by atoms with van der Waals surface area (Å²) in [5, 5.41) is 12.4. The SMILES string of the molecule is N#Cc1cnn(-c2c(Cl)cc(C(F)(F)F)cc2Cl)c1N1C(=O)CCCC1=O. The molecule has 27 heavy (non-hydrogen) atoms. The molecule has 1 aromatic heterocycles. The Morgan fingerprint density at radius 3 is 2.15 bits per heavy atom. The zero-order valence-corrected chi connectivity index (χ0v) is 14.9. The van der Waals surface area contributed by atoms with E-state index in [1.54, 1.807) is 6.07 Å². The maximum atomic E-state index is 12.9. The van der Waals surface area contributed by atoms with E-state index in [2.05, 4.69) is 5.10 Å². The minimum absolute atomic E-state index is 0.0796. The molecule has 0 atom stereocenters. The lowest BCUT2D eigenvalue weighted by Crippen LogP contribution is -2.41. The Hall–Kier alpha value is -2.57. The van der Waals surface area contributed by atoms with E-state index in [0.29, 0.717) is 18.6 Å². The molecule has 1 aliphatic heterocycles. The molecule has 11 heteroatoms. The van der Waals surface area contributed by atoms with Crippen molar-refractivity contribution < 1.29 is 22.8 Å². The fourth-order valence-electron chi connectivity index (χ4n) is 2.72. The summed E-state index contributed by atoms with van der Waals surface area (Å²) < 4.78 is 39.7. The van der Waals surface area contributed by atoms with Crippen LogP contribution < -0.4 is 4.90 Å². The predicted octanol–water partition coefficient (Wildman–Crippen LogP) is 4.11. The number of benzene rings is 1. The number of nitriles is 1. The third-order valence-electron chi connectivity index (χ3n) is 3.91. The molecule has 0 aliphatic carbocycles. The van der Waals surface area contributed by atoms with Crippen LogP contribution in [0.5, 0.6) is 0 Å². The van der Waals surface area contributed by atoms with Crippen LogP contribution in [0.4, 0.5) is 19.0 Å². The van der Waals surface area contributed by atoms with Crippen molar-refractivity contribution in [2.24, 2.45) is 0 Å². The summed E-state index contributed by atoms with van der Waals surface area (Å²) in [7, 11) is 0. The van der Waals surface area contributed by atoms with Crippen LogP contribution in [0.2, 0.25) is 10.0 Å². The topological polar surface area (TPSA) is 79.0 Å². The summed E-state index contributed by atoms with van der Waals surface area (Å²) in [6.07, 6.45) is -3.07. The third kappa shape index (κ3) is 3.38. The van der Waals surface area contributed by atoms with Gasteiger partial charge in [0.1, 0.15) is 17.3 Å². The molecule has 1 aromatic carbocycles. The lowest BCUT2D eigenvalue weighted by molar-refractivity contribution is -0.137. The smallest absolute Gasteiger partial charge is 0.274 e. The van der Waals surface area contributed by atoms with E-state index in [-0.39, 0.29) is 29.9 Å². The highest BCUT2D eigenvalue weighted by molar-refractivity contribution is 6.38. The first kappa shape index (κ1) is 19.2. The van der Waals surface area contributed by atoms with Gasteiger partial charge >= 0.3 is 6.18 Å². The Bertz CT molecular complexity index is 956. The largest absolute Gasteiger partial charge is 0.416 e. The van der Waals surface area contributed by atoms with E-state index in [9.17, 15) is 28.0 Å². The molecule has 6 nitrogen and oxygen atoms in total. The molecule has 2 aromatic rings. The number of alkyl halides is 3. The number of carbonyl (C=O) groups excluding carboxylic acids is 2. The van der Waals surface area contributed by atoms with E-state index in [1.165, 1.54) is 0 Å². The average molecular weight is 417 g/mol. The normalized spacial score (nSPS) is 15.2. The van der Waals surface area contributed by atoms with E-state index in [4.69, 9.17) is 23.2 Å². The van der Waals surface area contributed by atoms with Gasteiger partial charge in [-0.2, -0.15) is 23.5 Å². The zero-order chi connectivity index (χ0) is 19.9. The number of carbonyl (C=O) groups is 2. The molecule has 0 saturated carbocycles. The molecule has 2 amide bonds. The van der Waals surface area contributed by atoms with Crippen molar-refractivity contribution in [2.45, 2.75) is 25.4 Å². The van der Waals surface area contributed by atoms with E-state index >= 15 is 0 Å². The molecule has 1 fully saturated rings. The number of hydrogen-bond donors (Lipinski definition) is 0. The third-order valence-corrected chi connectivity index (χ3v) is 4.49. The van der Waals surface area contributed by atoms with E-state index in [1.807, 2.05) is 0 Å². The second kappa shape index (κ2) is 6.87. The van der Waals surface area contributed by atoms with Gasteiger partial charge in [0.05, 0.1) is 21.8 Å². The van der Waals surface area contributed by atoms with Crippen molar-refractivity contribution in [2.75, 3.05) is 4.90 Å². The summed E-state index contributed by atoms with van der Waals surface area (Å²) >= 11 is 12.0. The number of imide groups is 1. The Kier molecular flexibility index (Phi) is 4.88. The van der Waals surface area contributed by atoms with Crippen molar-refractivity contribution in [3.8, 4) is 11.8 Å². The van der Waals surface area contributed by atoms with Gasteiger partial charge in [-0.1, -0.05) is 23.2 Å². The van der Waals surface area contributed by atoms with Crippen LogP contribution in [-0.4, -0.2) is 21.6 Å². The number of rotatable bonds is 2. The van der Waals surface area contributed by atoms with Gasteiger partial charge in [-0.3, -0.25) is 9.59 Å². The van der Waals surface area contributed by atoms with Crippen LogP contribution in [0.3, 0.4) is 0 Å².